The molecule has 3 aromatic rings. The number of hydrogen-bond donors (Lipinski definition) is 0. The van der Waals surface area contributed by atoms with Crippen LogP contribution in [0.4, 0.5) is 0 Å². The molecule has 1 saturated carbocycles. The third kappa shape index (κ3) is 3.07. The predicted molar refractivity (Wildman–Crippen MR) is 84.2 cm³/mol. The fourth-order valence-electron chi connectivity index (χ4n) is 2.36. The first-order chi connectivity index (χ1) is 10.4. The Bertz CT molecular complexity index is 686. The molecule has 0 unspecified atom stereocenters. The summed E-state index contributed by atoms with van der Waals surface area (Å²) in [5.74, 6) is 1.41. The Morgan fingerprint density at radius 3 is 2.71 bits per heavy atom. The molecule has 0 saturated heterocycles. The minimum atomic E-state index is 0.671. The standard InChI is InChI=1S/C15H15N3OS2/c1-3-12(20-7-1)9-18(11-5-6-11)10-14-16-15(17-19-14)13-4-2-8-21-13/h1-4,7-8,11H,5-6,9-10H2. The summed E-state index contributed by atoms with van der Waals surface area (Å²) in [7, 11) is 0. The second kappa shape index (κ2) is 5.71. The molecule has 4 nitrogen and oxygen atoms in total. The lowest BCUT2D eigenvalue weighted by molar-refractivity contribution is 0.211. The minimum Gasteiger partial charge on any atom is -0.338 e. The van der Waals surface area contributed by atoms with Gasteiger partial charge in [0.05, 0.1) is 11.4 Å². The zero-order valence-corrected chi connectivity index (χ0v) is 13.1. The Morgan fingerprint density at radius 2 is 2.00 bits per heavy atom. The lowest BCUT2D eigenvalue weighted by Crippen LogP contribution is -2.24. The largest absolute Gasteiger partial charge is 0.338 e. The molecule has 1 fully saturated rings. The van der Waals surface area contributed by atoms with Crippen molar-refractivity contribution in [3.63, 3.8) is 0 Å². The van der Waals surface area contributed by atoms with Crippen LogP contribution in [-0.2, 0) is 13.1 Å². The summed E-state index contributed by atoms with van der Waals surface area (Å²) in [6.45, 7) is 1.71. The van der Waals surface area contributed by atoms with Gasteiger partial charge < -0.3 is 4.52 Å². The second-order valence-electron chi connectivity index (χ2n) is 5.20. The van der Waals surface area contributed by atoms with E-state index >= 15 is 0 Å². The van der Waals surface area contributed by atoms with Crippen molar-refractivity contribution in [2.24, 2.45) is 0 Å². The van der Waals surface area contributed by atoms with Crippen LogP contribution in [-0.4, -0.2) is 21.1 Å². The SMILES string of the molecule is c1csc(CN(Cc2nc(-c3cccs3)no2)C2CC2)c1. The van der Waals surface area contributed by atoms with Gasteiger partial charge in [-0.15, -0.1) is 22.7 Å². The average Bonchev–Trinajstić information content (AvgIpc) is 2.93. The van der Waals surface area contributed by atoms with Gasteiger partial charge in [-0.25, -0.2) is 0 Å². The van der Waals surface area contributed by atoms with Gasteiger partial charge in [-0.05, 0) is 35.7 Å². The molecule has 3 aromatic heterocycles. The van der Waals surface area contributed by atoms with Crippen molar-refractivity contribution >= 4 is 22.7 Å². The summed E-state index contributed by atoms with van der Waals surface area (Å²) in [4.78, 5) is 9.41. The van der Waals surface area contributed by atoms with Crippen molar-refractivity contribution in [2.75, 3.05) is 0 Å². The van der Waals surface area contributed by atoms with Gasteiger partial charge in [-0.1, -0.05) is 17.3 Å². The Labute approximate surface area is 131 Å². The van der Waals surface area contributed by atoms with Crippen molar-refractivity contribution in [1.82, 2.24) is 15.0 Å². The van der Waals surface area contributed by atoms with Crippen LogP contribution in [0.25, 0.3) is 10.7 Å². The van der Waals surface area contributed by atoms with Crippen molar-refractivity contribution < 1.29 is 4.52 Å². The zero-order valence-electron chi connectivity index (χ0n) is 11.4. The van der Waals surface area contributed by atoms with Gasteiger partial charge in [0.2, 0.25) is 11.7 Å². The molecule has 0 N–H and O–H groups in total. The first-order valence-electron chi connectivity index (χ1n) is 7.01. The molecule has 6 heteroatoms. The van der Waals surface area contributed by atoms with E-state index in [1.165, 1.54) is 17.7 Å². The highest BCUT2D eigenvalue weighted by atomic mass is 32.1. The molecule has 0 atom stereocenters. The van der Waals surface area contributed by atoms with Crippen LogP contribution in [0.15, 0.2) is 39.5 Å². The zero-order chi connectivity index (χ0) is 14.1. The van der Waals surface area contributed by atoms with Crippen LogP contribution in [0.1, 0.15) is 23.6 Å². The normalized spacial score (nSPS) is 14.9. The van der Waals surface area contributed by atoms with Gasteiger partial charge in [0.1, 0.15) is 0 Å². The number of hydrogen-bond acceptors (Lipinski definition) is 6. The highest BCUT2D eigenvalue weighted by Gasteiger charge is 2.30. The summed E-state index contributed by atoms with van der Waals surface area (Å²) in [5.41, 5.74) is 0. The fraction of sp³-hybridized carbons (Fsp3) is 0.333. The van der Waals surface area contributed by atoms with Crippen LogP contribution in [0, 0.1) is 0 Å². The van der Waals surface area contributed by atoms with Crippen molar-refractivity contribution in [3.8, 4) is 10.7 Å². The summed E-state index contributed by atoms with van der Waals surface area (Å²) in [6, 6.07) is 8.98. The van der Waals surface area contributed by atoms with Gasteiger partial charge in [0.15, 0.2) is 0 Å². The summed E-state index contributed by atoms with van der Waals surface area (Å²) < 4.78 is 5.42. The van der Waals surface area contributed by atoms with E-state index in [0.717, 1.165) is 18.0 Å². The molecule has 0 aromatic carbocycles. The maximum Gasteiger partial charge on any atom is 0.241 e. The number of nitrogens with zero attached hydrogens (tertiary/aromatic N) is 3. The van der Waals surface area contributed by atoms with Gasteiger partial charge in [-0.2, -0.15) is 4.98 Å². The maximum absolute atomic E-state index is 5.42. The van der Waals surface area contributed by atoms with Crippen LogP contribution < -0.4 is 0 Å². The highest BCUT2D eigenvalue weighted by molar-refractivity contribution is 7.13. The van der Waals surface area contributed by atoms with Crippen molar-refractivity contribution in [1.29, 1.82) is 0 Å². The van der Waals surface area contributed by atoms with Gasteiger partial charge in [-0.3, -0.25) is 4.90 Å². The van der Waals surface area contributed by atoms with Crippen molar-refractivity contribution in [3.05, 3.63) is 45.8 Å². The monoisotopic (exact) mass is 317 g/mol. The first-order valence-corrected chi connectivity index (χ1v) is 8.77. The van der Waals surface area contributed by atoms with E-state index in [1.54, 1.807) is 22.7 Å². The molecular formula is C15H15N3OS2. The Balaban J connectivity index is 1.48. The Morgan fingerprint density at radius 1 is 1.14 bits per heavy atom. The highest BCUT2D eigenvalue weighted by Crippen LogP contribution is 2.31. The molecule has 0 amide bonds. The Kier molecular flexibility index (Phi) is 3.58. The number of aromatic nitrogens is 2. The molecule has 3 heterocycles. The lowest BCUT2D eigenvalue weighted by Gasteiger charge is -2.18. The van der Waals surface area contributed by atoms with Crippen LogP contribution in [0.2, 0.25) is 0 Å². The number of thiophene rings is 2. The van der Waals surface area contributed by atoms with Crippen LogP contribution in [0.5, 0.6) is 0 Å². The maximum atomic E-state index is 5.42. The molecular weight excluding hydrogens is 302 g/mol. The van der Waals surface area contributed by atoms with Gasteiger partial charge in [0.25, 0.3) is 0 Å². The molecule has 1 aliphatic carbocycles. The predicted octanol–water partition coefficient (Wildman–Crippen LogP) is 4.02. The van der Waals surface area contributed by atoms with E-state index in [0.29, 0.717) is 17.8 Å². The fourth-order valence-corrected chi connectivity index (χ4v) is 3.73. The van der Waals surface area contributed by atoms with Gasteiger partial charge >= 0.3 is 0 Å². The topological polar surface area (TPSA) is 42.2 Å². The lowest BCUT2D eigenvalue weighted by atomic mass is 10.4. The van der Waals surface area contributed by atoms with Crippen LogP contribution in [0.3, 0.4) is 0 Å². The van der Waals surface area contributed by atoms with E-state index in [4.69, 9.17) is 4.52 Å². The summed E-state index contributed by atoms with van der Waals surface area (Å²) in [5, 5.41) is 8.24. The second-order valence-corrected chi connectivity index (χ2v) is 7.18. The summed E-state index contributed by atoms with van der Waals surface area (Å²) >= 11 is 3.44. The molecule has 108 valence electrons. The van der Waals surface area contributed by atoms with E-state index in [-0.39, 0.29) is 0 Å². The Hall–Kier alpha value is -1.50. The summed E-state index contributed by atoms with van der Waals surface area (Å²) in [6.07, 6.45) is 2.55. The minimum absolute atomic E-state index is 0.671. The molecule has 0 aliphatic heterocycles. The smallest absolute Gasteiger partial charge is 0.241 e. The van der Waals surface area contributed by atoms with Crippen molar-refractivity contribution in [2.45, 2.75) is 32.0 Å². The first kappa shape index (κ1) is 13.2. The molecule has 0 bridgehead atoms. The third-order valence-corrected chi connectivity index (χ3v) is 5.28. The molecule has 21 heavy (non-hydrogen) atoms. The van der Waals surface area contributed by atoms with E-state index in [1.807, 2.05) is 17.5 Å². The molecule has 0 radical (unpaired) electrons. The van der Waals surface area contributed by atoms with E-state index < -0.39 is 0 Å². The quantitative estimate of drug-likeness (QED) is 0.688. The average molecular weight is 317 g/mol. The number of rotatable bonds is 6. The van der Waals surface area contributed by atoms with E-state index in [2.05, 4.69) is 32.6 Å². The third-order valence-electron chi connectivity index (χ3n) is 3.55. The molecule has 0 spiro atoms. The molecule has 4 rings (SSSR count). The van der Waals surface area contributed by atoms with Crippen LogP contribution >= 0.6 is 22.7 Å². The van der Waals surface area contributed by atoms with E-state index in [9.17, 15) is 0 Å². The van der Waals surface area contributed by atoms with Gasteiger partial charge in [0, 0.05) is 17.5 Å². The molecule has 1 aliphatic rings.